The molecule has 18 heavy (non-hydrogen) atoms. The summed E-state index contributed by atoms with van der Waals surface area (Å²) in [4.78, 5) is 7.80. The maximum absolute atomic E-state index is 4.53. The third kappa shape index (κ3) is 1.31. The molecule has 1 radical (unpaired) electrons. The Balaban J connectivity index is 1.94. The van der Waals surface area contributed by atoms with Gasteiger partial charge in [0.2, 0.25) is 0 Å². The number of benzene rings is 2. The predicted octanol–water partition coefficient (Wildman–Crippen LogP) is 2.30. The lowest BCUT2D eigenvalue weighted by Gasteiger charge is -1.94. The molecule has 0 bridgehead atoms. The van der Waals surface area contributed by atoms with Crippen molar-refractivity contribution in [3.05, 3.63) is 42.5 Å². The topological polar surface area (TPSA) is 70.2 Å². The summed E-state index contributed by atoms with van der Waals surface area (Å²) >= 11 is 0. The zero-order chi connectivity index (χ0) is 11.9. The van der Waals surface area contributed by atoms with Crippen molar-refractivity contribution in [3.63, 3.8) is 0 Å². The zero-order valence-electron chi connectivity index (χ0n) is 9.31. The van der Waals surface area contributed by atoms with E-state index in [2.05, 4.69) is 31.4 Å². The lowest BCUT2D eigenvalue weighted by molar-refractivity contribution is 0.959. The number of rotatable bonds is 1. The molecule has 0 spiro atoms. The fraction of sp³-hybridized carbons (Fsp3) is 0. The van der Waals surface area contributed by atoms with Crippen LogP contribution in [0.2, 0.25) is 0 Å². The molecule has 0 unspecified atom stereocenters. The van der Waals surface area contributed by atoms with Crippen molar-refractivity contribution in [2.75, 3.05) is 0 Å². The molecular weight excluding hydrogens is 226 g/mol. The summed E-state index contributed by atoms with van der Waals surface area (Å²) in [6.45, 7) is 0. The van der Waals surface area contributed by atoms with Crippen LogP contribution in [0.3, 0.4) is 0 Å². The third-order valence-corrected chi connectivity index (χ3v) is 2.89. The van der Waals surface area contributed by atoms with Crippen LogP contribution in [0.25, 0.3) is 33.5 Å². The van der Waals surface area contributed by atoms with Gasteiger partial charge in [0.25, 0.3) is 0 Å². The Bertz CT molecular complexity index is 809. The van der Waals surface area contributed by atoms with Crippen molar-refractivity contribution in [2.45, 2.75) is 0 Å². The van der Waals surface area contributed by atoms with Crippen LogP contribution in [0, 0.1) is 6.07 Å². The zero-order valence-corrected chi connectivity index (χ0v) is 9.31. The van der Waals surface area contributed by atoms with Gasteiger partial charge < -0.3 is 4.98 Å². The molecule has 0 aliphatic heterocycles. The van der Waals surface area contributed by atoms with Gasteiger partial charge >= 0.3 is 0 Å². The van der Waals surface area contributed by atoms with Gasteiger partial charge in [-0.05, 0) is 24.3 Å². The van der Waals surface area contributed by atoms with E-state index in [0.717, 1.165) is 27.9 Å². The Hall–Kier alpha value is -2.69. The summed E-state index contributed by atoms with van der Waals surface area (Å²) < 4.78 is 0. The molecule has 0 amide bonds. The first-order chi connectivity index (χ1) is 8.90. The van der Waals surface area contributed by atoms with Crippen LogP contribution in [-0.2, 0) is 0 Å². The monoisotopic (exact) mass is 234 g/mol. The molecule has 5 nitrogen and oxygen atoms in total. The van der Waals surface area contributed by atoms with E-state index in [-0.39, 0.29) is 0 Å². The van der Waals surface area contributed by atoms with Crippen LogP contribution in [0.4, 0.5) is 0 Å². The van der Waals surface area contributed by atoms with Crippen LogP contribution in [0.15, 0.2) is 36.4 Å². The highest BCUT2D eigenvalue weighted by Gasteiger charge is 2.07. The quantitative estimate of drug-likeness (QED) is 0.531. The van der Waals surface area contributed by atoms with Crippen molar-refractivity contribution in [3.8, 4) is 11.4 Å². The van der Waals surface area contributed by atoms with E-state index < -0.39 is 0 Å². The second-order valence-corrected chi connectivity index (χ2v) is 4.05. The Labute approximate surface area is 102 Å². The Kier molecular flexibility index (Phi) is 1.77. The number of imidazole rings is 1. The molecule has 0 saturated heterocycles. The maximum Gasteiger partial charge on any atom is 0.139 e. The van der Waals surface area contributed by atoms with Gasteiger partial charge in [-0.15, -0.1) is 5.10 Å². The molecule has 85 valence electrons. The second kappa shape index (κ2) is 3.40. The first-order valence-corrected chi connectivity index (χ1v) is 5.58. The molecule has 5 heteroatoms. The molecule has 0 atom stereocenters. The summed E-state index contributed by atoms with van der Waals surface area (Å²) in [5.41, 5.74) is 4.43. The van der Waals surface area contributed by atoms with E-state index in [1.807, 2.05) is 36.4 Å². The number of nitrogens with one attached hydrogen (secondary N) is 2. The molecule has 2 heterocycles. The number of hydrogen-bond acceptors (Lipinski definition) is 3. The van der Waals surface area contributed by atoms with Crippen molar-refractivity contribution < 1.29 is 0 Å². The Morgan fingerprint density at radius 3 is 2.89 bits per heavy atom. The normalized spacial score (nSPS) is 11.3. The highest BCUT2D eigenvalue weighted by atomic mass is 15.3. The fourth-order valence-electron chi connectivity index (χ4n) is 2.00. The number of aromatic amines is 2. The Morgan fingerprint density at radius 2 is 1.94 bits per heavy atom. The number of nitrogens with zero attached hydrogens (tertiary/aromatic N) is 3. The number of aromatic nitrogens is 5. The molecule has 2 N–H and O–H groups in total. The SMILES string of the molecule is [c]1c(-c2nc3ccccc3[nH]2)ccc2[nH]nnc12. The molecule has 0 saturated carbocycles. The van der Waals surface area contributed by atoms with Gasteiger partial charge in [-0.3, -0.25) is 5.10 Å². The van der Waals surface area contributed by atoms with Gasteiger partial charge in [0, 0.05) is 11.6 Å². The molecule has 0 fully saturated rings. The van der Waals surface area contributed by atoms with Gasteiger partial charge in [-0.25, -0.2) is 4.98 Å². The standard InChI is InChI=1S/C13H8N5/c1-2-4-10-9(3-1)14-13(15-10)8-5-6-11-12(7-8)17-18-16-11/h1-6H,(H,14,15)(H,16,17,18). The smallest absolute Gasteiger partial charge is 0.139 e. The maximum atomic E-state index is 4.53. The fourth-order valence-corrected chi connectivity index (χ4v) is 2.00. The number of fused-ring (bicyclic) bond motifs is 2. The largest absolute Gasteiger partial charge is 0.338 e. The summed E-state index contributed by atoms with van der Waals surface area (Å²) in [5.74, 6) is 0.793. The van der Waals surface area contributed by atoms with Gasteiger partial charge in [0.15, 0.2) is 0 Å². The van der Waals surface area contributed by atoms with Gasteiger partial charge in [-0.2, -0.15) is 0 Å². The first kappa shape index (κ1) is 9.35. The van der Waals surface area contributed by atoms with Gasteiger partial charge in [-0.1, -0.05) is 17.3 Å². The second-order valence-electron chi connectivity index (χ2n) is 4.05. The van der Waals surface area contributed by atoms with Crippen LogP contribution in [-0.4, -0.2) is 25.4 Å². The lowest BCUT2D eigenvalue weighted by atomic mass is 10.2. The van der Waals surface area contributed by atoms with Crippen LogP contribution >= 0.6 is 0 Å². The van der Waals surface area contributed by atoms with Crippen molar-refractivity contribution in [2.24, 2.45) is 0 Å². The van der Waals surface area contributed by atoms with E-state index in [1.165, 1.54) is 0 Å². The minimum absolute atomic E-state index is 0.716. The minimum atomic E-state index is 0.716. The van der Waals surface area contributed by atoms with Gasteiger partial charge in [0.1, 0.15) is 11.3 Å². The van der Waals surface area contributed by atoms with Crippen LogP contribution < -0.4 is 0 Å². The Morgan fingerprint density at radius 1 is 1.00 bits per heavy atom. The average molecular weight is 234 g/mol. The van der Waals surface area contributed by atoms with Crippen LogP contribution in [0.1, 0.15) is 0 Å². The molecule has 2 aromatic carbocycles. The van der Waals surface area contributed by atoms with E-state index >= 15 is 0 Å². The van der Waals surface area contributed by atoms with Gasteiger partial charge in [0.05, 0.1) is 16.6 Å². The summed E-state index contributed by atoms with van der Waals surface area (Å²) in [5, 5.41) is 10.5. The van der Waals surface area contributed by atoms with E-state index in [0.29, 0.717) is 5.52 Å². The highest BCUT2D eigenvalue weighted by molar-refractivity contribution is 5.82. The number of H-pyrrole nitrogens is 2. The molecule has 0 aliphatic rings. The van der Waals surface area contributed by atoms with E-state index in [9.17, 15) is 0 Å². The highest BCUT2D eigenvalue weighted by Crippen LogP contribution is 2.22. The predicted molar refractivity (Wildman–Crippen MR) is 67.8 cm³/mol. The number of hydrogen-bond donors (Lipinski definition) is 2. The van der Waals surface area contributed by atoms with Crippen molar-refractivity contribution in [1.82, 2.24) is 25.4 Å². The van der Waals surface area contributed by atoms with E-state index in [4.69, 9.17) is 0 Å². The number of para-hydroxylation sites is 2. The first-order valence-electron chi connectivity index (χ1n) is 5.58. The lowest BCUT2D eigenvalue weighted by Crippen LogP contribution is -1.81. The van der Waals surface area contributed by atoms with Crippen molar-refractivity contribution in [1.29, 1.82) is 0 Å². The third-order valence-electron chi connectivity index (χ3n) is 2.89. The molecule has 4 rings (SSSR count). The minimum Gasteiger partial charge on any atom is -0.338 e. The average Bonchev–Trinajstić information content (AvgIpc) is 3.04. The van der Waals surface area contributed by atoms with Crippen LogP contribution in [0.5, 0.6) is 0 Å². The summed E-state index contributed by atoms with van der Waals surface area (Å²) in [6, 6.07) is 15.0. The molecule has 2 aromatic heterocycles. The van der Waals surface area contributed by atoms with Crippen molar-refractivity contribution >= 4 is 22.1 Å². The molecular formula is C13H8N5. The molecule has 0 aliphatic carbocycles. The summed E-state index contributed by atoms with van der Waals surface area (Å²) in [6.07, 6.45) is 0. The van der Waals surface area contributed by atoms with E-state index in [1.54, 1.807) is 0 Å². The molecule has 4 aromatic rings. The summed E-state index contributed by atoms with van der Waals surface area (Å²) in [7, 11) is 0.